The van der Waals surface area contributed by atoms with Crippen LogP contribution in [0.3, 0.4) is 0 Å². The van der Waals surface area contributed by atoms with Gasteiger partial charge in [-0.25, -0.2) is 18.6 Å². The maximum atomic E-state index is 14.4. The molecule has 0 atom stereocenters. The zero-order chi connectivity index (χ0) is 21.4. The fraction of sp³-hybridized carbons (Fsp3) is 0.150. The molecule has 0 radical (unpaired) electrons. The summed E-state index contributed by atoms with van der Waals surface area (Å²) in [5.41, 5.74) is -0.0481. The van der Waals surface area contributed by atoms with Crippen molar-refractivity contribution < 1.29 is 27.9 Å². The number of carbonyl (C=O) groups is 2. The van der Waals surface area contributed by atoms with Gasteiger partial charge in [0.15, 0.2) is 11.6 Å². The van der Waals surface area contributed by atoms with Crippen molar-refractivity contribution in [1.29, 1.82) is 0 Å². The summed E-state index contributed by atoms with van der Waals surface area (Å²) in [4.78, 5) is 28.6. The van der Waals surface area contributed by atoms with E-state index >= 15 is 0 Å². The Morgan fingerprint density at radius 2 is 2.03 bits per heavy atom. The second-order valence-corrected chi connectivity index (χ2v) is 8.19. The molecule has 154 valence electrons. The number of aromatic nitrogens is 1. The van der Waals surface area contributed by atoms with Gasteiger partial charge in [-0.15, -0.1) is 11.3 Å². The van der Waals surface area contributed by atoms with Crippen molar-refractivity contribution >= 4 is 50.2 Å². The van der Waals surface area contributed by atoms with E-state index in [0.29, 0.717) is 17.9 Å². The molecule has 2 N–H and O–H groups in total. The van der Waals surface area contributed by atoms with E-state index in [4.69, 9.17) is 4.42 Å². The quantitative estimate of drug-likeness (QED) is 0.450. The van der Waals surface area contributed by atoms with Gasteiger partial charge in [-0.05, 0) is 40.9 Å². The molecule has 0 saturated carbocycles. The number of fused-ring (bicyclic) bond motifs is 1. The van der Waals surface area contributed by atoms with Gasteiger partial charge < -0.3 is 14.8 Å². The lowest BCUT2D eigenvalue weighted by molar-refractivity contribution is 0.0699. The smallest absolute Gasteiger partial charge is 0.339 e. The van der Waals surface area contributed by atoms with Crippen molar-refractivity contribution in [2.75, 3.05) is 5.32 Å². The Bertz CT molecular complexity index is 1200. The van der Waals surface area contributed by atoms with Crippen LogP contribution in [-0.2, 0) is 6.42 Å². The van der Waals surface area contributed by atoms with Crippen molar-refractivity contribution in [1.82, 2.24) is 4.98 Å². The summed E-state index contributed by atoms with van der Waals surface area (Å²) < 4.78 is 33.8. The maximum Gasteiger partial charge on any atom is 0.339 e. The van der Waals surface area contributed by atoms with E-state index in [2.05, 4.69) is 26.2 Å². The molecule has 6 nitrogen and oxygen atoms in total. The number of hydrogen-bond donors (Lipinski definition) is 2. The van der Waals surface area contributed by atoms with Crippen LogP contribution in [0.5, 0.6) is 0 Å². The van der Waals surface area contributed by atoms with E-state index in [-0.39, 0.29) is 32.1 Å². The lowest BCUT2D eigenvalue weighted by Crippen LogP contribution is -2.14. The Balaban J connectivity index is 1.68. The summed E-state index contributed by atoms with van der Waals surface area (Å²) >= 11 is 3.77. The first-order chi connectivity index (χ1) is 14.4. The number of nitrogens with one attached hydrogen (secondary N) is 1. The SMILES string of the molecule is O=C(Nc1scc(-c2ccc(Br)c(F)c2F)c1C(=O)O)c1nc2c(o1)CCCC=C2. The normalized spacial score (nSPS) is 13.0. The molecule has 0 fully saturated rings. The third-order valence-corrected chi connectivity index (χ3v) is 6.04. The second kappa shape index (κ2) is 8.11. The van der Waals surface area contributed by atoms with Gasteiger partial charge in [-0.2, -0.15) is 0 Å². The molecule has 2 heterocycles. The molecular formula is C20H13BrF2N2O4S. The number of thiophene rings is 1. The molecule has 30 heavy (non-hydrogen) atoms. The molecule has 0 saturated heterocycles. The number of amides is 1. The van der Waals surface area contributed by atoms with Crippen LogP contribution in [0.25, 0.3) is 17.2 Å². The molecule has 10 heteroatoms. The van der Waals surface area contributed by atoms with E-state index in [1.807, 2.05) is 6.08 Å². The Kier molecular flexibility index (Phi) is 5.52. The first-order valence-corrected chi connectivity index (χ1v) is 10.5. The lowest BCUT2D eigenvalue weighted by Gasteiger charge is -2.07. The van der Waals surface area contributed by atoms with Crippen molar-refractivity contribution in [3.8, 4) is 11.1 Å². The molecule has 1 aliphatic rings. The monoisotopic (exact) mass is 494 g/mol. The molecule has 1 aliphatic carbocycles. The van der Waals surface area contributed by atoms with E-state index < -0.39 is 23.5 Å². The van der Waals surface area contributed by atoms with Gasteiger partial charge in [-0.3, -0.25) is 4.79 Å². The number of carboxylic acid groups (broad SMARTS) is 1. The van der Waals surface area contributed by atoms with Gasteiger partial charge in [0.1, 0.15) is 22.0 Å². The van der Waals surface area contributed by atoms with E-state index in [1.54, 1.807) is 6.08 Å². The van der Waals surface area contributed by atoms with Gasteiger partial charge in [-0.1, -0.05) is 12.1 Å². The predicted molar refractivity (Wildman–Crippen MR) is 111 cm³/mol. The Morgan fingerprint density at radius 1 is 1.23 bits per heavy atom. The molecule has 0 unspecified atom stereocenters. The minimum Gasteiger partial charge on any atom is -0.478 e. The number of carbonyl (C=O) groups excluding carboxylic acids is 1. The third-order valence-electron chi connectivity index (χ3n) is 4.53. The number of allylic oxidation sites excluding steroid dienone is 1. The first kappa shape index (κ1) is 20.4. The Morgan fingerprint density at radius 3 is 2.80 bits per heavy atom. The van der Waals surface area contributed by atoms with Crippen LogP contribution in [-0.4, -0.2) is 22.0 Å². The van der Waals surface area contributed by atoms with E-state index in [9.17, 15) is 23.5 Å². The highest BCUT2D eigenvalue weighted by Crippen LogP contribution is 2.38. The molecule has 1 amide bonds. The number of nitrogens with zero attached hydrogens (tertiary/aromatic N) is 1. The molecule has 3 aromatic rings. The van der Waals surface area contributed by atoms with Crippen molar-refractivity contribution in [2.24, 2.45) is 0 Å². The molecule has 4 rings (SSSR count). The molecule has 1 aromatic carbocycles. The van der Waals surface area contributed by atoms with E-state index in [1.165, 1.54) is 17.5 Å². The van der Waals surface area contributed by atoms with Crippen LogP contribution in [0.2, 0.25) is 0 Å². The van der Waals surface area contributed by atoms with Crippen LogP contribution in [0.15, 0.2) is 32.5 Å². The van der Waals surface area contributed by atoms with Crippen LogP contribution in [0, 0.1) is 11.6 Å². The zero-order valence-electron chi connectivity index (χ0n) is 15.2. The summed E-state index contributed by atoms with van der Waals surface area (Å²) in [6.45, 7) is 0. The van der Waals surface area contributed by atoms with Crippen molar-refractivity contribution in [3.63, 3.8) is 0 Å². The van der Waals surface area contributed by atoms with Gasteiger partial charge in [0, 0.05) is 22.9 Å². The average molecular weight is 495 g/mol. The van der Waals surface area contributed by atoms with Gasteiger partial charge in [0.25, 0.3) is 5.89 Å². The fourth-order valence-corrected chi connectivity index (χ4v) is 4.35. The number of aryl methyl sites for hydroxylation is 1. The number of hydrogen-bond acceptors (Lipinski definition) is 5. The summed E-state index contributed by atoms with van der Waals surface area (Å²) in [6, 6.07) is 2.54. The first-order valence-electron chi connectivity index (χ1n) is 8.83. The summed E-state index contributed by atoms with van der Waals surface area (Å²) in [7, 11) is 0. The third kappa shape index (κ3) is 3.68. The van der Waals surface area contributed by atoms with Crippen LogP contribution in [0.4, 0.5) is 13.8 Å². The Labute approximate surface area is 181 Å². The van der Waals surface area contributed by atoms with Crippen molar-refractivity contribution in [2.45, 2.75) is 19.3 Å². The highest BCUT2D eigenvalue weighted by atomic mass is 79.9. The molecular weight excluding hydrogens is 482 g/mol. The van der Waals surface area contributed by atoms with Gasteiger partial charge >= 0.3 is 11.9 Å². The number of anilines is 1. The van der Waals surface area contributed by atoms with E-state index in [0.717, 1.165) is 24.2 Å². The molecule has 0 aliphatic heterocycles. The number of benzene rings is 1. The summed E-state index contributed by atoms with van der Waals surface area (Å²) in [5, 5.41) is 13.4. The largest absolute Gasteiger partial charge is 0.478 e. The minimum atomic E-state index is -1.39. The van der Waals surface area contributed by atoms with Crippen LogP contribution < -0.4 is 5.32 Å². The number of carboxylic acids is 1. The highest BCUT2D eigenvalue weighted by molar-refractivity contribution is 9.10. The zero-order valence-corrected chi connectivity index (χ0v) is 17.6. The molecule has 0 spiro atoms. The lowest BCUT2D eigenvalue weighted by atomic mass is 10.0. The molecule has 2 aromatic heterocycles. The average Bonchev–Trinajstić information content (AvgIpc) is 3.24. The predicted octanol–water partition coefficient (Wildman–Crippen LogP) is 5.74. The summed E-state index contributed by atoms with van der Waals surface area (Å²) in [5.74, 6) is -4.05. The molecule has 0 bridgehead atoms. The number of rotatable bonds is 4. The number of halogens is 3. The standard InChI is InChI=1S/C20H13BrF2N2O4S/c21-11-7-6-9(15(22)16(11)23)10-8-30-19(14(10)20(27)28)25-17(26)18-24-12-4-2-1-3-5-13(12)29-18/h2,4,6-8H,1,3,5H2,(H,25,26)(H,27,28). The maximum absolute atomic E-state index is 14.4. The summed E-state index contributed by atoms with van der Waals surface area (Å²) in [6.07, 6.45) is 6.11. The number of oxazole rings is 1. The fourth-order valence-electron chi connectivity index (χ4n) is 3.10. The second-order valence-electron chi connectivity index (χ2n) is 6.46. The topological polar surface area (TPSA) is 92.4 Å². The minimum absolute atomic E-state index is 0.0332. The Hall–Kier alpha value is -2.85. The van der Waals surface area contributed by atoms with Crippen molar-refractivity contribution in [3.05, 3.63) is 62.6 Å². The van der Waals surface area contributed by atoms with Crippen LogP contribution in [0.1, 0.15) is 45.3 Å². The van der Waals surface area contributed by atoms with Crippen LogP contribution >= 0.6 is 27.3 Å². The van der Waals surface area contributed by atoms with Gasteiger partial charge in [0.05, 0.1) is 4.47 Å². The number of aromatic carboxylic acids is 1. The highest BCUT2D eigenvalue weighted by Gasteiger charge is 2.26. The van der Waals surface area contributed by atoms with Gasteiger partial charge in [0.2, 0.25) is 0 Å².